The molecule has 0 bridgehead atoms. The number of nitrogens with one attached hydrogen (secondary N) is 1. The summed E-state index contributed by atoms with van der Waals surface area (Å²) in [6.45, 7) is 6.82. The van der Waals surface area contributed by atoms with Crippen molar-refractivity contribution in [1.29, 1.82) is 5.26 Å². The van der Waals surface area contributed by atoms with Gasteiger partial charge in [-0.15, -0.1) is 0 Å². The summed E-state index contributed by atoms with van der Waals surface area (Å²) >= 11 is 0. The number of rotatable bonds is 4. The number of amides is 2. The SMILES string of the molecule is Cc1ccc(CNC(=O)N2CCCN(Cc3ccc(C#N)cc3)CC2)cc1. The van der Waals surface area contributed by atoms with Gasteiger partial charge in [0.2, 0.25) is 0 Å². The first-order valence-electron chi connectivity index (χ1n) is 9.44. The molecule has 140 valence electrons. The van der Waals surface area contributed by atoms with Crippen molar-refractivity contribution >= 4 is 6.03 Å². The average Bonchev–Trinajstić information content (AvgIpc) is 2.93. The van der Waals surface area contributed by atoms with Crippen molar-refractivity contribution in [3.63, 3.8) is 0 Å². The Morgan fingerprint density at radius 3 is 2.41 bits per heavy atom. The van der Waals surface area contributed by atoms with Crippen molar-refractivity contribution in [2.24, 2.45) is 0 Å². The van der Waals surface area contributed by atoms with Crippen LogP contribution in [0, 0.1) is 18.3 Å². The molecule has 2 aromatic rings. The van der Waals surface area contributed by atoms with Crippen molar-refractivity contribution in [1.82, 2.24) is 15.1 Å². The molecule has 1 saturated heterocycles. The molecule has 0 saturated carbocycles. The first-order chi connectivity index (χ1) is 13.1. The number of aryl methyl sites for hydroxylation is 1. The fourth-order valence-corrected chi connectivity index (χ4v) is 3.27. The van der Waals surface area contributed by atoms with Crippen LogP contribution in [0.4, 0.5) is 4.79 Å². The van der Waals surface area contributed by atoms with Gasteiger partial charge in [-0.2, -0.15) is 5.26 Å². The third-order valence-corrected chi connectivity index (χ3v) is 4.93. The minimum atomic E-state index is 0.01000. The van der Waals surface area contributed by atoms with Crippen LogP contribution < -0.4 is 5.32 Å². The van der Waals surface area contributed by atoms with Crippen molar-refractivity contribution < 1.29 is 4.79 Å². The molecule has 1 N–H and O–H groups in total. The zero-order valence-electron chi connectivity index (χ0n) is 15.8. The Kier molecular flexibility index (Phi) is 6.45. The zero-order valence-corrected chi connectivity index (χ0v) is 15.8. The lowest BCUT2D eigenvalue weighted by Crippen LogP contribution is -2.41. The van der Waals surface area contributed by atoms with Gasteiger partial charge in [-0.1, -0.05) is 42.0 Å². The van der Waals surface area contributed by atoms with E-state index < -0.39 is 0 Å². The number of hydrogen-bond acceptors (Lipinski definition) is 3. The normalized spacial score (nSPS) is 15.0. The predicted octanol–water partition coefficient (Wildman–Crippen LogP) is 3.28. The van der Waals surface area contributed by atoms with Crippen molar-refractivity contribution in [2.45, 2.75) is 26.4 Å². The van der Waals surface area contributed by atoms with Gasteiger partial charge >= 0.3 is 6.03 Å². The summed E-state index contributed by atoms with van der Waals surface area (Å²) in [7, 11) is 0. The number of urea groups is 1. The number of nitriles is 1. The topological polar surface area (TPSA) is 59.4 Å². The van der Waals surface area contributed by atoms with E-state index in [2.05, 4.69) is 47.5 Å². The Balaban J connectivity index is 1.47. The number of nitrogens with zero attached hydrogens (tertiary/aromatic N) is 3. The minimum absolute atomic E-state index is 0.01000. The second-order valence-corrected chi connectivity index (χ2v) is 7.07. The average molecular weight is 362 g/mol. The molecule has 0 radical (unpaired) electrons. The highest BCUT2D eigenvalue weighted by Crippen LogP contribution is 2.11. The second kappa shape index (κ2) is 9.20. The van der Waals surface area contributed by atoms with E-state index in [1.54, 1.807) is 0 Å². The summed E-state index contributed by atoms with van der Waals surface area (Å²) in [6.07, 6.45) is 0.966. The maximum Gasteiger partial charge on any atom is 0.317 e. The fraction of sp³-hybridized carbons (Fsp3) is 0.364. The lowest BCUT2D eigenvalue weighted by molar-refractivity contribution is 0.197. The molecule has 1 aliphatic heterocycles. The number of hydrogen-bond donors (Lipinski definition) is 1. The molecule has 1 fully saturated rings. The lowest BCUT2D eigenvalue weighted by Gasteiger charge is -2.22. The van der Waals surface area contributed by atoms with E-state index in [4.69, 9.17) is 5.26 Å². The number of carbonyl (C=O) groups excluding carboxylic acids is 1. The Labute approximate surface area is 161 Å². The minimum Gasteiger partial charge on any atom is -0.334 e. The monoisotopic (exact) mass is 362 g/mol. The molecule has 2 amide bonds. The molecule has 1 heterocycles. The van der Waals surface area contributed by atoms with Gasteiger partial charge in [0, 0.05) is 39.3 Å². The van der Waals surface area contributed by atoms with Crippen LogP contribution in [0.25, 0.3) is 0 Å². The van der Waals surface area contributed by atoms with E-state index in [9.17, 15) is 4.79 Å². The Bertz CT molecular complexity index is 793. The first kappa shape index (κ1) is 18.9. The Morgan fingerprint density at radius 2 is 1.70 bits per heavy atom. The van der Waals surface area contributed by atoms with Crippen LogP contribution in [0.3, 0.4) is 0 Å². The molecule has 0 spiro atoms. The molecule has 3 rings (SSSR count). The summed E-state index contributed by atoms with van der Waals surface area (Å²) in [5, 5.41) is 11.9. The molecular weight excluding hydrogens is 336 g/mol. The maximum atomic E-state index is 12.5. The van der Waals surface area contributed by atoms with Crippen LogP contribution in [0.15, 0.2) is 48.5 Å². The zero-order chi connectivity index (χ0) is 19.1. The number of carbonyl (C=O) groups is 1. The molecule has 0 aromatic heterocycles. The van der Waals surface area contributed by atoms with Gasteiger partial charge in [-0.25, -0.2) is 4.79 Å². The molecular formula is C22H26N4O. The summed E-state index contributed by atoms with van der Waals surface area (Å²) in [6, 6.07) is 18.1. The quantitative estimate of drug-likeness (QED) is 0.908. The molecule has 1 aliphatic rings. The lowest BCUT2D eigenvalue weighted by atomic mass is 10.1. The van der Waals surface area contributed by atoms with Crippen LogP contribution >= 0.6 is 0 Å². The summed E-state index contributed by atoms with van der Waals surface area (Å²) in [5.41, 5.74) is 4.23. The van der Waals surface area contributed by atoms with Crippen LogP contribution in [-0.4, -0.2) is 42.0 Å². The molecule has 0 atom stereocenters. The van der Waals surface area contributed by atoms with E-state index in [0.717, 1.165) is 44.7 Å². The maximum absolute atomic E-state index is 12.5. The standard InChI is InChI=1S/C22H26N4O/c1-18-3-5-20(6-4-18)16-24-22(27)26-12-2-11-25(13-14-26)17-21-9-7-19(15-23)8-10-21/h3-10H,2,11-14,16-17H2,1H3,(H,24,27). The van der Waals surface area contributed by atoms with Crippen molar-refractivity contribution in [2.75, 3.05) is 26.2 Å². The van der Waals surface area contributed by atoms with Gasteiger partial charge < -0.3 is 10.2 Å². The summed E-state index contributed by atoms with van der Waals surface area (Å²) < 4.78 is 0. The highest BCUT2D eigenvalue weighted by molar-refractivity contribution is 5.74. The van der Waals surface area contributed by atoms with Gasteiger partial charge in [0.05, 0.1) is 11.6 Å². The van der Waals surface area contributed by atoms with Gasteiger partial charge in [-0.05, 0) is 36.6 Å². The van der Waals surface area contributed by atoms with E-state index in [1.165, 1.54) is 11.1 Å². The smallest absolute Gasteiger partial charge is 0.317 e. The van der Waals surface area contributed by atoms with Gasteiger partial charge in [0.25, 0.3) is 0 Å². The molecule has 5 heteroatoms. The fourth-order valence-electron chi connectivity index (χ4n) is 3.27. The van der Waals surface area contributed by atoms with Gasteiger partial charge in [0.1, 0.15) is 0 Å². The van der Waals surface area contributed by atoms with Crippen molar-refractivity contribution in [3.8, 4) is 6.07 Å². The van der Waals surface area contributed by atoms with Crippen LogP contribution in [0.5, 0.6) is 0 Å². The third kappa shape index (κ3) is 5.57. The van der Waals surface area contributed by atoms with E-state index >= 15 is 0 Å². The highest BCUT2D eigenvalue weighted by Gasteiger charge is 2.19. The van der Waals surface area contributed by atoms with Crippen LogP contribution in [0.2, 0.25) is 0 Å². The first-order valence-corrected chi connectivity index (χ1v) is 9.44. The molecule has 0 aliphatic carbocycles. The van der Waals surface area contributed by atoms with Crippen LogP contribution in [0.1, 0.15) is 28.7 Å². The highest BCUT2D eigenvalue weighted by atomic mass is 16.2. The summed E-state index contributed by atoms with van der Waals surface area (Å²) in [5.74, 6) is 0. The largest absolute Gasteiger partial charge is 0.334 e. The van der Waals surface area contributed by atoms with Crippen molar-refractivity contribution in [3.05, 3.63) is 70.8 Å². The van der Waals surface area contributed by atoms with E-state index in [-0.39, 0.29) is 6.03 Å². The summed E-state index contributed by atoms with van der Waals surface area (Å²) in [4.78, 5) is 16.8. The Morgan fingerprint density at radius 1 is 1.00 bits per heavy atom. The molecule has 27 heavy (non-hydrogen) atoms. The molecule has 0 unspecified atom stereocenters. The van der Waals surface area contributed by atoms with E-state index in [0.29, 0.717) is 12.1 Å². The van der Waals surface area contributed by atoms with Gasteiger partial charge in [0.15, 0.2) is 0 Å². The molecule has 5 nitrogen and oxygen atoms in total. The van der Waals surface area contributed by atoms with E-state index in [1.807, 2.05) is 29.2 Å². The second-order valence-electron chi connectivity index (χ2n) is 7.07. The predicted molar refractivity (Wildman–Crippen MR) is 106 cm³/mol. The Hall–Kier alpha value is -2.84. The third-order valence-electron chi connectivity index (χ3n) is 4.93. The van der Waals surface area contributed by atoms with Gasteiger partial charge in [-0.3, -0.25) is 4.90 Å². The number of benzene rings is 2. The van der Waals surface area contributed by atoms with Crippen LogP contribution in [-0.2, 0) is 13.1 Å². The molecule has 2 aromatic carbocycles.